The van der Waals surface area contributed by atoms with Crippen LogP contribution in [0.15, 0.2) is 24.3 Å². The van der Waals surface area contributed by atoms with E-state index in [-0.39, 0.29) is 11.5 Å². The van der Waals surface area contributed by atoms with Crippen molar-refractivity contribution in [3.05, 3.63) is 29.8 Å². The molecule has 1 aromatic carbocycles. The lowest BCUT2D eigenvalue weighted by atomic mass is 10.1. The first kappa shape index (κ1) is 14.7. The monoisotopic (exact) mass is 270 g/mol. The molecule has 0 N–H and O–H groups in total. The van der Waals surface area contributed by atoms with Gasteiger partial charge in [0.2, 0.25) is 0 Å². The summed E-state index contributed by atoms with van der Waals surface area (Å²) in [5.74, 6) is 0.271. The highest BCUT2D eigenvalue weighted by Gasteiger charge is 2.29. The van der Waals surface area contributed by atoms with Gasteiger partial charge in [-0.3, -0.25) is 4.79 Å². The van der Waals surface area contributed by atoms with Crippen LogP contribution in [-0.4, -0.2) is 32.3 Å². The molecule has 1 atom stereocenters. The fourth-order valence-corrected chi connectivity index (χ4v) is 3.12. The summed E-state index contributed by atoms with van der Waals surface area (Å²) in [7, 11) is -1.82. The third-order valence-electron chi connectivity index (χ3n) is 2.87. The summed E-state index contributed by atoms with van der Waals surface area (Å²) < 4.78 is 28.6. The second-order valence-corrected chi connectivity index (χ2v) is 6.41. The molecular formula is C13H18O4S. The zero-order chi connectivity index (χ0) is 13.8. The maximum atomic E-state index is 12.2. The van der Waals surface area contributed by atoms with Gasteiger partial charge in [0.05, 0.1) is 7.11 Å². The predicted octanol–water partition coefficient (Wildman–Crippen LogP) is 2.09. The Morgan fingerprint density at radius 2 is 1.78 bits per heavy atom. The van der Waals surface area contributed by atoms with Crippen LogP contribution in [0.25, 0.3) is 0 Å². The number of hydrogen-bond donors (Lipinski definition) is 0. The molecule has 0 saturated heterocycles. The summed E-state index contributed by atoms with van der Waals surface area (Å²) in [6.07, 6.45) is 0.293. The van der Waals surface area contributed by atoms with Gasteiger partial charge in [0.1, 0.15) is 11.0 Å². The molecule has 18 heavy (non-hydrogen) atoms. The number of hydrogen-bond acceptors (Lipinski definition) is 4. The Balaban J connectivity index is 3.04. The third kappa shape index (κ3) is 3.10. The number of ketones is 1. The van der Waals surface area contributed by atoms with Crippen LogP contribution in [0.4, 0.5) is 0 Å². The lowest BCUT2D eigenvalue weighted by molar-refractivity contribution is 0.0985. The topological polar surface area (TPSA) is 60.4 Å². The van der Waals surface area contributed by atoms with Crippen molar-refractivity contribution >= 4 is 15.6 Å². The van der Waals surface area contributed by atoms with Crippen LogP contribution in [0.5, 0.6) is 5.75 Å². The van der Waals surface area contributed by atoms with Crippen LogP contribution >= 0.6 is 0 Å². The Hall–Kier alpha value is -1.36. The van der Waals surface area contributed by atoms with E-state index in [1.54, 1.807) is 38.1 Å². The Morgan fingerprint density at radius 1 is 1.22 bits per heavy atom. The molecule has 0 bridgehead atoms. The van der Waals surface area contributed by atoms with E-state index in [9.17, 15) is 13.2 Å². The number of carbonyl (C=O) groups excluding carboxylic acids is 1. The molecule has 0 aliphatic carbocycles. The maximum absolute atomic E-state index is 12.2. The Kier molecular flexibility index (Phi) is 4.90. The van der Waals surface area contributed by atoms with Gasteiger partial charge in [-0.2, -0.15) is 0 Å². The van der Waals surface area contributed by atoms with E-state index in [2.05, 4.69) is 0 Å². The SMILES string of the molecule is CCC(C(=O)c1ccc(OC)cc1)S(=O)(=O)CC. The van der Waals surface area contributed by atoms with Crippen LogP contribution in [0, 0.1) is 0 Å². The maximum Gasteiger partial charge on any atom is 0.180 e. The lowest BCUT2D eigenvalue weighted by Crippen LogP contribution is -2.31. The molecule has 0 fully saturated rings. The first-order chi connectivity index (χ1) is 8.46. The molecule has 0 aliphatic rings. The second-order valence-electron chi connectivity index (χ2n) is 3.94. The van der Waals surface area contributed by atoms with Crippen molar-refractivity contribution in [2.24, 2.45) is 0 Å². The molecule has 0 amide bonds. The molecule has 0 aromatic heterocycles. The van der Waals surface area contributed by atoms with Crippen LogP contribution in [0.2, 0.25) is 0 Å². The van der Waals surface area contributed by atoms with Crippen molar-refractivity contribution in [2.75, 3.05) is 12.9 Å². The summed E-state index contributed by atoms with van der Waals surface area (Å²) in [6.45, 7) is 3.26. The summed E-state index contributed by atoms with van der Waals surface area (Å²) in [5, 5.41) is -0.948. The van der Waals surface area contributed by atoms with E-state index in [0.29, 0.717) is 17.7 Å². The van der Waals surface area contributed by atoms with Gasteiger partial charge in [0, 0.05) is 11.3 Å². The number of sulfone groups is 1. The van der Waals surface area contributed by atoms with Crippen molar-refractivity contribution in [1.29, 1.82) is 0 Å². The highest BCUT2D eigenvalue weighted by Crippen LogP contribution is 2.17. The summed E-state index contributed by atoms with van der Waals surface area (Å²) in [6, 6.07) is 6.49. The molecule has 0 radical (unpaired) electrons. The van der Waals surface area contributed by atoms with E-state index in [4.69, 9.17) is 4.74 Å². The minimum Gasteiger partial charge on any atom is -0.497 e. The van der Waals surface area contributed by atoms with Crippen molar-refractivity contribution < 1.29 is 17.9 Å². The zero-order valence-corrected chi connectivity index (χ0v) is 11.7. The molecule has 0 heterocycles. The van der Waals surface area contributed by atoms with Gasteiger partial charge < -0.3 is 4.74 Å². The van der Waals surface area contributed by atoms with Gasteiger partial charge in [-0.25, -0.2) is 8.42 Å². The van der Waals surface area contributed by atoms with Crippen molar-refractivity contribution in [1.82, 2.24) is 0 Å². The molecule has 0 spiro atoms. The largest absolute Gasteiger partial charge is 0.497 e. The van der Waals surface area contributed by atoms with Crippen LogP contribution in [0.3, 0.4) is 0 Å². The van der Waals surface area contributed by atoms with E-state index < -0.39 is 15.1 Å². The van der Waals surface area contributed by atoms with Gasteiger partial charge >= 0.3 is 0 Å². The Morgan fingerprint density at radius 3 is 2.17 bits per heavy atom. The van der Waals surface area contributed by atoms with Crippen molar-refractivity contribution in [3.8, 4) is 5.75 Å². The number of Topliss-reactive ketones (excluding diaryl/α,β-unsaturated/α-hetero) is 1. The van der Waals surface area contributed by atoms with Crippen LogP contribution < -0.4 is 4.74 Å². The number of rotatable bonds is 6. The van der Waals surface area contributed by atoms with Gasteiger partial charge in [-0.15, -0.1) is 0 Å². The number of benzene rings is 1. The highest BCUT2D eigenvalue weighted by molar-refractivity contribution is 7.92. The average Bonchev–Trinajstić information content (AvgIpc) is 2.39. The van der Waals surface area contributed by atoms with Gasteiger partial charge in [-0.1, -0.05) is 13.8 Å². The minimum absolute atomic E-state index is 0.0204. The predicted molar refractivity (Wildman–Crippen MR) is 70.9 cm³/mol. The highest BCUT2D eigenvalue weighted by atomic mass is 32.2. The molecule has 5 heteroatoms. The second kappa shape index (κ2) is 6.00. The Bertz CT molecular complexity index is 502. The standard InChI is InChI=1S/C13H18O4S/c1-4-12(18(15,16)5-2)13(14)10-6-8-11(17-3)9-7-10/h6-9,12H,4-5H2,1-3H3. The summed E-state index contributed by atoms with van der Waals surface area (Å²) in [5.41, 5.74) is 0.402. The number of methoxy groups -OCH3 is 1. The molecule has 0 aliphatic heterocycles. The van der Waals surface area contributed by atoms with Crippen LogP contribution in [-0.2, 0) is 9.84 Å². The van der Waals surface area contributed by atoms with E-state index >= 15 is 0 Å². The van der Waals surface area contributed by atoms with E-state index in [0.717, 1.165) is 0 Å². The molecular weight excluding hydrogens is 252 g/mol. The molecule has 1 rings (SSSR count). The van der Waals surface area contributed by atoms with Gasteiger partial charge in [0.25, 0.3) is 0 Å². The smallest absolute Gasteiger partial charge is 0.180 e. The number of carbonyl (C=O) groups is 1. The quantitative estimate of drug-likeness (QED) is 0.743. The number of ether oxygens (including phenoxy) is 1. The third-order valence-corrected chi connectivity index (χ3v) is 5.09. The fourth-order valence-electron chi connectivity index (χ4n) is 1.74. The van der Waals surface area contributed by atoms with Gasteiger partial charge in [0.15, 0.2) is 15.6 Å². The van der Waals surface area contributed by atoms with E-state index in [1.165, 1.54) is 7.11 Å². The first-order valence-electron chi connectivity index (χ1n) is 5.86. The Labute approximate surface area is 108 Å². The molecule has 4 nitrogen and oxygen atoms in total. The van der Waals surface area contributed by atoms with Gasteiger partial charge in [-0.05, 0) is 30.7 Å². The fraction of sp³-hybridized carbons (Fsp3) is 0.462. The molecule has 1 aromatic rings. The zero-order valence-electron chi connectivity index (χ0n) is 10.8. The van der Waals surface area contributed by atoms with Crippen LogP contribution in [0.1, 0.15) is 30.6 Å². The van der Waals surface area contributed by atoms with Crippen molar-refractivity contribution in [2.45, 2.75) is 25.5 Å². The van der Waals surface area contributed by atoms with E-state index in [1.807, 2.05) is 0 Å². The summed E-state index contributed by atoms with van der Waals surface area (Å²) >= 11 is 0. The molecule has 1 unspecified atom stereocenters. The lowest BCUT2D eigenvalue weighted by Gasteiger charge is -2.13. The first-order valence-corrected chi connectivity index (χ1v) is 7.57. The normalized spacial score (nSPS) is 13.1. The molecule has 100 valence electrons. The minimum atomic E-state index is -3.35. The molecule has 0 saturated carbocycles. The van der Waals surface area contributed by atoms with Crippen molar-refractivity contribution in [3.63, 3.8) is 0 Å². The summed E-state index contributed by atoms with van der Waals surface area (Å²) in [4.78, 5) is 12.2. The average molecular weight is 270 g/mol.